The fourth-order valence-corrected chi connectivity index (χ4v) is 9.56. The Morgan fingerprint density at radius 3 is 2.37 bits per heavy atom. The van der Waals surface area contributed by atoms with Crippen LogP contribution in [0.15, 0.2) is 48.1 Å². The van der Waals surface area contributed by atoms with E-state index in [2.05, 4.69) is 64.5 Å². The molecular weight excluding hydrogens is 542 g/mol. The Labute approximate surface area is 257 Å². The molecule has 4 aliphatic carbocycles. The van der Waals surface area contributed by atoms with Crippen LogP contribution in [0.4, 0.5) is 10.5 Å². The second kappa shape index (κ2) is 13.5. The first-order valence-corrected chi connectivity index (χ1v) is 16.5. The average molecular weight is 596 g/mol. The van der Waals surface area contributed by atoms with Crippen molar-refractivity contribution in [2.75, 3.05) is 0 Å². The van der Waals surface area contributed by atoms with Crippen LogP contribution in [0.25, 0.3) is 0 Å². The fourth-order valence-electron chi connectivity index (χ4n) is 9.56. The lowest BCUT2D eigenvalue weighted by molar-refractivity contribution is -0.384. The summed E-state index contributed by atoms with van der Waals surface area (Å²) in [5.41, 5.74) is 2.40. The SMILES string of the molecule is CC[C@H](/C=C/[C@@H](C)[C@H]1CC[C@H]2[C@@H]3CC=C4C[C@@H](O)CC[C@]4(C)[C@H]3CC[C@]12C)C(C)C.O=C(O)Oc1ccc([N+](=O)[O-])cc1. The smallest absolute Gasteiger partial charge is 0.449 e. The van der Waals surface area contributed by atoms with Gasteiger partial charge >= 0.3 is 6.16 Å². The van der Waals surface area contributed by atoms with Gasteiger partial charge in [-0.05, 0) is 122 Å². The van der Waals surface area contributed by atoms with Crippen LogP contribution < -0.4 is 4.74 Å². The molecule has 0 aliphatic heterocycles. The van der Waals surface area contributed by atoms with Crippen LogP contribution in [0.2, 0.25) is 0 Å². The number of carbonyl (C=O) groups is 1. The Kier molecular flexibility index (Phi) is 10.5. The van der Waals surface area contributed by atoms with Crippen molar-refractivity contribution < 1.29 is 24.7 Å². The molecule has 0 radical (unpaired) electrons. The molecule has 2 N–H and O–H groups in total. The lowest BCUT2D eigenvalue weighted by Gasteiger charge is -2.58. The van der Waals surface area contributed by atoms with Gasteiger partial charge in [-0.3, -0.25) is 10.1 Å². The summed E-state index contributed by atoms with van der Waals surface area (Å²) in [5, 5.41) is 28.6. The summed E-state index contributed by atoms with van der Waals surface area (Å²) in [6.07, 6.45) is 17.6. The quantitative estimate of drug-likeness (QED) is 0.107. The van der Waals surface area contributed by atoms with Crippen molar-refractivity contribution in [3.8, 4) is 5.75 Å². The number of nitrogens with zero attached hydrogens (tertiary/aromatic N) is 1. The van der Waals surface area contributed by atoms with Crippen molar-refractivity contribution in [2.45, 2.75) is 105 Å². The Morgan fingerprint density at radius 2 is 1.77 bits per heavy atom. The largest absolute Gasteiger partial charge is 0.511 e. The number of hydrogen-bond donors (Lipinski definition) is 2. The van der Waals surface area contributed by atoms with Gasteiger partial charge in [-0.1, -0.05) is 65.3 Å². The van der Waals surface area contributed by atoms with E-state index in [1.54, 1.807) is 5.57 Å². The van der Waals surface area contributed by atoms with Gasteiger partial charge in [-0.2, -0.15) is 0 Å². The molecule has 0 heterocycles. The topological polar surface area (TPSA) is 110 Å². The molecule has 1 aromatic carbocycles. The summed E-state index contributed by atoms with van der Waals surface area (Å²) in [7, 11) is 0. The highest BCUT2D eigenvalue weighted by molar-refractivity contribution is 5.61. The molecule has 0 aromatic heterocycles. The number of nitro groups is 1. The molecular formula is C36H53NO6. The van der Waals surface area contributed by atoms with E-state index in [9.17, 15) is 20.0 Å². The van der Waals surface area contributed by atoms with Gasteiger partial charge in [0.2, 0.25) is 0 Å². The van der Waals surface area contributed by atoms with E-state index in [0.29, 0.717) is 16.7 Å². The molecule has 7 heteroatoms. The molecule has 0 unspecified atom stereocenters. The minimum Gasteiger partial charge on any atom is -0.449 e. The molecule has 5 rings (SSSR count). The number of allylic oxidation sites excluding steroid dienone is 3. The highest BCUT2D eigenvalue weighted by atomic mass is 16.7. The number of hydrogen-bond acceptors (Lipinski definition) is 5. The third kappa shape index (κ3) is 7.02. The maximum absolute atomic E-state index is 10.2. The molecule has 3 saturated carbocycles. The molecule has 9 atom stereocenters. The molecule has 0 amide bonds. The van der Waals surface area contributed by atoms with Crippen LogP contribution in [0.5, 0.6) is 5.75 Å². The minimum atomic E-state index is -1.45. The summed E-state index contributed by atoms with van der Waals surface area (Å²) >= 11 is 0. The minimum absolute atomic E-state index is 0.0538. The first kappa shape index (κ1) is 33.2. The number of non-ortho nitro benzene ring substituents is 1. The van der Waals surface area contributed by atoms with Gasteiger partial charge in [0.15, 0.2) is 0 Å². The van der Waals surface area contributed by atoms with E-state index in [1.165, 1.54) is 57.1 Å². The summed E-state index contributed by atoms with van der Waals surface area (Å²) in [6.45, 7) is 14.8. The number of fused-ring (bicyclic) bond motifs is 5. The van der Waals surface area contributed by atoms with Crippen LogP contribution in [-0.4, -0.2) is 27.4 Å². The van der Waals surface area contributed by atoms with Gasteiger partial charge < -0.3 is 14.9 Å². The van der Waals surface area contributed by atoms with Crippen LogP contribution in [0, 0.1) is 62.4 Å². The highest BCUT2D eigenvalue weighted by Crippen LogP contribution is 2.67. The van der Waals surface area contributed by atoms with E-state index in [-0.39, 0.29) is 17.5 Å². The van der Waals surface area contributed by atoms with Crippen LogP contribution in [-0.2, 0) is 0 Å². The number of carboxylic acid groups (broad SMARTS) is 1. The lowest BCUT2D eigenvalue weighted by Crippen LogP contribution is -2.50. The van der Waals surface area contributed by atoms with Crippen LogP contribution >= 0.6 is 0 Å². The first-order valence-electron chi connectivity index (χ1n) is 16.5. The number of aliphatic hydroxyl groups is 1. The molecule has 0 saturated heterocycles. The van der Waals surface area contributed by atoms with Crippen molar-refractivity contribution in [1.29, 1.82) is 0 Å². The normalized spacial score (nSPS) is 34.6. The van der Waals surface area contributed by atoms with E-state index in [4.69, 9.17) is 5.11 Å². The molecule has 4 aliphatic rings. The fraction of sp³-hybridized carbons (Fsp3) is 0.694. The standard InChI is InChI=1S/C29H48O.C7H5NO5/c1-7-21(19(2)3)9-8-20(4)25-12-13-26-24-11-10-22-18-23(30)14-16-28(22,5)27(24)15-17-29(25,26)6;9-7(10)13-6-3-1-5(2-4-6)8(11)12/h8-10,19-21,23-27,30H,7,11-18H2,1-6H3;1-4H,(H,9,10)/b9-8+;/t20-,21-,23+,24+,25-,26+,27+,28+,29-;/m1./s1. The van der Waals surface area contributed by atoms with Gasteiger partial charge in [-0.25, -0.2) is 4.79 Å². The summed E-state index contributed by atoms with van der Waals surface area (Å²) in [6, 6.07) is 4.76. The van der Waals surface area contributed by atoms with E-state index >= 15 is 0 Å². The number of nitro benzene ring substituents is 1. The zero-order valence-corrected chi connectivity index (χ0v) is 27.0. The third-order valence-corrected chi connectivity index (χ3v) is 12.0. The maximum Gasteiger partial charge on any atom is 0.511 e. The molecule has 43 heavy (non-hydrogen) atoms. The Hall–Kier alpha value is -2.67. The zero-order chi connectivity index (χ0) is 31.5. The predicted molar refractivity (Wildman–Crippen MR) is 170 cm³/mol. The zero-order valence-electron chi connectivity index (χ0n) is 27.0. The second-order valence-electron chi connectivity index (χ2n) is 14.6. The Balaban J connectivity index is 0.000000273. The van der Waals surface area contributed by atoms with Crippen molar-refractivity contribution >= 4 is 11.8 Å². The van der Waals surface area contributed by atoms with Crippen molar-refractivity contribution in [3.63, 3.8) is 0 Å². The Morgan fingerprint density at radius 1 is 1.07 bits per heavy atom. The molecule has 0 bridgehead atoms. The first-order chi connectivity index (χ1) is 20.3. The van der Waals surface area contributed by atoms with E-state index in [0.717, 1.165) is 60.5 Å². The number of ether oxygens (including phenoxy) is 1. The van der Waals surface area contributed by atoms with E-state index in [1.807, 2.05) is 0 Å². The van der Waals surface area contributed by atoms with Crippen LogP contribution in [0.1, 0.15) is 99.3 Å². The van der Waals surface area contributed by atoms with Crippen molar-refractivity contribution in [2.24, 2.45) is 52.3 Å². The Bertz CT molecular complexity index is 1190. The lowest BCUT2D eigenvalue weighted by atomic mass is 9.47. The number of benzene rings is 1. The third-order valence-electron chi connectivity index (χ3n) is 12.0. The predicted octanol–water partition coefficient (Wildman–Crippen LogP) is 9.45. The molecule has 238 valence electrons. The van der Waals surface area contributed by atoms with E-state index < -0.39 is 11.1 Å². The number of aliphatic hydroxyl groups excluding tert-OH is 1. The summed E-state index contributed by atoms with van der Waals surface area (Å²) < 4.78 is 4.24. The highest BCUT2D eigenvalue weighted by Gasteiger charge is 2.59. The summed E-state index contributed by atoms with van der Waals surface area (Å²) in [4.78, 5) is 19.6. The van der Waals surface area contributed by atoms with Gasteiger partial charge in [0.05, 0.1) is 11.0 Å². The molecule has 3 fully saturated rings. The second-order valence-corrected chi connectivity index (χ2v) is 14.6. The molecule has 0 spiro atoms. The van der Waals surface area contributed by atoms with Crippen LogP contribution in [0.3, 0.4) is 0 Å². The van der Waals surface area contributed by atoms with Gasteiger partial charge in [0, 0.05) is 12.1 Å². The average Bonchev–Trinajstić information content (AvgIpc) is 3.31. The maximum atomic E-state index is 10.2. The molecule has 7 nitrogen and oxygen atoms in total. The van der Waals surface area contributed by atoms with Crippen molar-refractivity contribution in [1.82, 2.24) is 0 Å². The van der Waals surface area contributed by atoms with Gasteiger partial charge in [0.1, 0.15) is 5.75 Å². The summed E-state index contributed by atoms with van der Waals surface area (Å²) in [5.74, 6) is 5.75. The molecule has 1 aromatic rings. The monoisotopic (exact) mass is 595 g/mol. The number of rotatable bonds is 7. The van der Waals surface area contributed by atoms with Crippen molar-refractivity contribution in [3.05, 3.63) is 58.2 Å². The van der Waals surface area contributed by atoms with Gasteiger partial charge in [-0.15, -0.1) is 0 Å². The van der Waals surface area contributed by atoms with Gasteiger partial charge in [0.25, 0.3) is 5.69 Å².